The molecule has 0 aliphatic carbocycles. The molecule has 0 bridgehead atoms. The molecule has 0 aliphatic heterocycles. The van der Waals surface area contributed by atoms with Crippen LogP contribution in [0.3, 0.4) is 0 Å². The highest BCUT2D eigenvalue weighted by atomic mass is 14.1. The molecule has 82 heavy (non-hydrogen) atoms. The van der Waals surface area contributed by atoms with Crippen molar-refractivity contribution < 1.29 is 0 Å². The molecular formula is C82H86. The van der Waals surface area contributed by atoms with Crippen molar-refractivity contribution in [2.45, 2.75) is 83.1 Å². The monoisotopic (exact) mass is 1070 g/mol. The fourth-order valence-electron chi connectivity index (χ4n) is 8.88. The van der Waals surface area contributed by atoms with E-state index in [1.54, 1.807) is 0 Å². The van der Waals surface area contributed by atoms with Crippen LogP contribution in [0.2, 0.25) is 0 Å². The van der Waals surface area contributed by atoms with Crippen LogP contribution in [0.25, 0.3) is 90.7 Å². The van der Waals surface area contributed by atoms with Crippen molar-refractivity contribution in [1.29, 1.82) is 0 Å². The number of aryl methyl sites for hydroxylation is 4. The molecule has 0 atom stereocenters. The fraction of sp³-hybridized carbons (Fsp3) is 0.146. The highest BCUT2D eigenvalue weighted by Gasteiger charge is 2.07. The molecular weight excluding hydrogens is 985 g/mol. The molecule has 0 saturated carbocycles. The van der Waals surface area contributed by atoms with Gasteiger partial charge < -0.3 is 0 Å². The highest BCUT2D eigenvalue weighted by molar-refractivity contribution is 6.07. The molecule has 0 amide bonds. The summed E-state index contributed by atoms with van der Waals surface area (Å²) in [4.78, 5) is 0. The molecule has 0 aromatic heterocycles. The third kappa shape index (κ3) is 19.6. The van der Waals surface area contributed by atoms with Crippen LogP contribution in [0, 0.1) is 27.7 Å². The van der Waals surface area contributed by atoms with Gasteiger partial charge in [0.1, 0.15) is 0 Å². The lowest BCUT2D eigenvalue weighted by atomic mass is 9.94. The van der Waals surface area contributed by atoms with E-state index in [1.165, 1.54) is 110 Å². The van der Waals surface area contributed by atoms with Gasteiger partial charge in [-0.1, -0.05) is 381 Å². The smallest absolute Gasteiger partial charge is 0.00992 e. The van der Waals surface area contributed by atoms with Gasteiger partial charge in [-0.15, -0.1) is 0 Å². The van der Waals surface area contributed by atoms with Gasteiger partial charge in [0.05, 0.1) is 0 Å². The van der Waals surface area contributed by atoms with Crippen LogP contribution in [0.5, 0.6) is 0 Å². The summed E-state index contributed by atoms with van der Waals surface area (Å²) in [6, 6.07) is 94.4. The van der Waals surface area contributed by atoms with Gasteiger partial charge in [-0.25, -0.2) is 0 Å². The fourth-order valence-corrected chi connectivity index (χ4v) is 8.88. The summed E-state index contributed by atoms with van der Waals surface area (Å²) in [5.41, 5.74) is 15.1. The first-order chi connectivity index (χ1) is 40.3. The molecule has 12 aromatic carbocycles. The van der Waals surface area contributed by atoms with Crippen LogP contribution in [0.1, 0.15) is 111 Å². The summed E-state index contributed by atoms with van der Waals surface area (Å²) < 4.78 is 0. The Morgan fingerprint density at radius 2 is 0.354 bits per heavy atom. The number of fused-ring (bicyclic) bond motifs is 5. The van der Waals surface area contributed by atoms with Crippen molar-refractivity contribution in [2.24, 2.45) is 0 Å². The molecule has 12 rings (SSSR count). The maximum Gasteiger partial charge on any atom is -0.00992 e. The van der Waals surface area contributed by atoms with Crippen molar-refractivity contribution in [3.05, 3.63) is 323 Å². The summed E-state index contributed by atoms with van der Waals surface area (Å²) in [7, 11) is 0. The van der Waals surface area contributed by atoms with Gasteiger partial charge in [0.25, 0.3) is 0 Å². The predicted molar refractivity (Wildman–Crippen MR) is 372 cm³/mol. The number of hydrogen-bond donors (Lipinski definition) is 0. The van der Waals surface area contributed by atoms with Crippen molar-refractivity contribution in [2.75, 3.05) is 0 Å². The molecule has 0 saturated heterocycles. The average Bonchev–Trinajstić information content (AvgIpc) is 3.59. The second kappa shape index (κ2) is 35.5. The second-order valence-corrected chi connectivity index (χ2v) is 18.9. The lowest BCUT2D eigenvalue weighted by molar-refractivity contribution is 1.46. The van der Waals surface area contributed by atoms with E-state index in [1.807, 2.05) is 55.4 Å². The summed E-state index contributed by atoms with van der Waals surface area (Å²) in [6.07, 6.45) is 12.9. The lowest BCUT2D eigenvalue weighted by Gasteiger charge is -2.10. The van der Waals surface area contributed by atoms with Crippen LogP contribution in [-0.2, 0) is 0 Å². The molecule has 0 unspecified atom stereocenters. The first kappa shape index (κ1) is 63.7. The zero-order valence-corrected chi connectivity index (χ0v) is 50.9. The third-order valence-electron chi connectivity index (χ3n) is 13.2. The number of benzene rings is 12. The first-order valence-corrected chi connectivity index (χ1v) is 29.5. The second-order valence-electron chi connectivity index (χ2n) is 18.9. The molecule has 0 N–H and O–H groups in total. The first-order valence-electron chi connectivity index (χ1n) is 29.5. The van der Waals surface area contributed by atoms with Crippen molar-refractivity contribution in [1.82, 2.24) is 0 Å². The molecule has 0 aliphatic rings. The van der Waals surface area contributed by atoms with Gasteiger partial charge in [0, 0.05) is 0 Å². The molecule has 0 spiro atoms. The van der Waals surface area contributed by atoms with Crippen LogP contribution in [-0.4, -0.2) is 0 Å². The zero-order valence-electron chi connectivity index (χ0n) is 50.9. The molecule has 0 fully saturated rings. The number of rotatable bonds is 7. The van der Waals surface area contributed by atoms with Gasteiger partial charge >= 0.3 is 0 Å². The quantitative estimate of drug-likeness (QED) is 0.110. The molecule has 0 nitrogen and oxygen atoms in total. The lowest BCUT2D eigenvalue weighted by Crippen LogP contribution is -1.83. The highest BCUT2D eigenvalue weighted by Crippen LogP contribution is 2.34. The van der Waals surface area contributed by atoms with Crippen molar-refractivity contribution in [3.63, 3.8) is 0 Å². The minimum absolute atomic E-state index is 1.21. The maximum atomic E-state index is 2.21. The van der Waals surface area contributed by atoms with Gasteiger partial charge in [-0.2, -0.15) is 0 Å². The van der Waals surface area contributed by atoms with E-state index in [9.17, 15) is 0 Å². The average molecular weight is 1070 g/mol. The van der Waals surface area contributed by atoms with Crippen molar-refractivity contribution >= 4 is 79.5 Å². The van der Waals surface area contributed by atoms with E-state index in [0.717, 1.165) is 0 Å². The van der Waals surface area contributed by atoms with Crippen LogP contribution in [0.15, 0.2) is 267 Å². The van der Waals surface area contributed by atoms with Gasteiger partial charge in [-0.3, -0.25) is 0 Å². The maximum absolute atomic E-state index is 2.21. The Balaban J connectivity index is 0.000000195. The van der Waals surface area contributed by atoms with E-state index in [4.69, 9.17) is 0 Å². The summed E-state index contributed by atoms with van der Waals surface area (Å²) in [6.45, 7) is 24.4. The van der Waals surface area contributed by atoms with Gasteiger partial charge in [0.15, 0.2) is 0 Å². The third-order valence-corrected chi connectivity index (χ3v) is 13.2. The standard InChI is InChI=1S/C24H22.C20H14.C16H16.C14H10.4C2H6/c1-19-3-7-21(8-4-19)11-13-23-15-17-24(18-16-23)14-12-22-9-5-20(2)6-10-22;1-3-11-17-15(7-1)9-5-13-19(17)20-14-6-10-16-8-2-4-12-18(16)20;1-13-3-7-15(8-4-13)11-12-16-9-5-14(2)6-10-16;1-3-7-13-11(5-1)9-10-12-6-2-4-8-14(12)13;4*1-2/h3-18H,1-2H3;1-14H;3-12H,1-2H3;1-10H;4*1-2H3/b13-11+,14-12+;;12-11+;;;;;. The molecule has 414 valence electrons. The Bertz CT molecular complexity index is 3550. The van der Waals surface area contributed by atoms with E-state index >= 15 is 0 Å². The number of hydrogen-bond acceptors (Lipinski definition) is 0. The van der Waals surface area contributed by atoms with Crippen LogP contribution >= 0.6 is 0 Å². The van der Waals surface area contributed by atoms with Gasteiger partial charge in [-0.05, 0) is 115 Å². The molecule has 12 aromatic rings. The Morgan fingerprint density at radius 3 is 0.598 bits per heavy atom. The molecule has 0 radical (unpaired) electrons. The molecule has 0 heterocycles. The summed E-state index contributed by atoms with van der Waals surface area (Å²) in [5.74, 6) is 0. The van der Waals surface area contributed by atoms with Crippen molar-refractivity contribution in [3.8, 4) is 11.1 Å². The summed E-state index contributed by atoms with van der Waals surface area (Å²) >= 11 is 0. The van der Waals surface area contributed by atoms with E-state index in [0.29, 0.717) is 0 Å². The minimum atomic E-state index is 1.21. The Kier molecular flexibility index (Phi) is 27.6. The Labute approximate surface area is 493 Å². The molecule has 0 heteroatoms. The van der Waals surface area contributed by atoms with E-state index < -0.39 is 0 Å². The topological polar surface area (TPSA) is 0 Å². The normalized spacial score (nSPS) is 10.3. The predicted octanol–water partition coefficient (Wildman–Crippen LogP) is 24.9. The van der Waals surface area contributed by atoms with Gasteiger partial charge in [0.2, 0.25) is 0 Å². The Hall–Kier alpha value is -9.10. The minimum Gasteiger partial charge on any atom is -0.0683 e. The zero-order chi connectivity index (χ0) is 58.9. The van der Waals surface area contributed by atoms with E-state index in [2.05, 4.69) is 331 Å². The van der Waals surface area contributed by atoms with E-state index in [-0.39, 0.29) is 0 Å². The largest absolute Gasteiger partial charge is 0.0683 e. The summed E-state index contributed by atoms with van der Waals surface area (Å²) in [5, 5.41) is 10.5. The van der Waals surface area contributed by atoms with Crippen LogP contribution in [0.4, 0.5) is 0 Å². The van der Waals surface area contributed by atoms with Crippen LogP contribution < -0.4 is 0 Å². The SMILES string of the molecule is CC.CC.CC.CC.Cc1ccc(/C=C/c2ccc(/C=C/c3ccc(C)cc3)cc2)cc1.Cc1ccc(/C=C/c2ccc(C)cc2)cc1.c1ccc2c(-c3cccc4ccccc34)cccc2c1.c1ccc2c(c1)ccc1ccccc12. The Morgan fingerprint density at radius 1 is 0.171 bits per heavy atom.